The molecule has 0 unspecified atom stereocenters. The normalized spacial score (nSPS) is 10.5. The van der Waals surface area contributed by atoms with Crippen molar-refractivity contribution in [3.05, 3.63) is 54.2 Å². The van der Waals surface area contributed by atoms with Crippen LogP contribution in [0, 0.1) is 0 Å². The Morgan fingerprint density at radius 1 is 1.14 bits per heavy atom. The van der Waals surface area contributed by atoms with E-state index in [0.717, 1.165) is 5.52 Å². The van der Waals surface area contributed by atoms with Gasteiger partial charge in [0.15, 0.2) is 0 Å². The summed E-state index contributed by atoms with van der Waals surface area (Å²) in [4.78, 5) is 27.3. The highest BCUT2D eigenvalue weighted by molar-refractivity contribution is 6.48. The number of Topliss-reactive ketones (excluding diaryl/α,β-unsaturated/α-hetero) is 1. The van der Waals surface area contributed by atoms with Crippen LogP contribution in [0.4, 0.5) is 11.4 Å². The summed E-state index contributed by atoms with van der Waals surface area (Å²) in [7, 11) is 0. The first kappa shape index (κ1) is 13.7. The van der Waals surface area contributed by atoms with Gasteiger partial charge in [0.25, 0.3) is 11.7 Å². The molecule has 0 saturated carbocycles. The smallest absolute Gasteiger partial charge is 0.296 e. The second-order valence-electron chi connectivity index (χ2n) is 4.81. The summed E-state index contributed by atoms with van der Waals surface area (Å²) in [6.45, 7) is 0. The van der Waals surface area contributed by atoms with Gasteiger partial charge in [-0.3, -0.25) is 9.59 Å². The molecule has 0 aliphatic heterocycles. The van der Waals surface area contributed by atoms with Gasteiger partial charge in [-0.25, -0.2) is 0 Å². The Morgan fingerprint density at radius 2 is 1.91 bits per heavy atom. The van der Waals surface area contributed by atoms with E-state index in [-0.39, 0.29) is 17.0 Å². The van der Waals surface area contributed by atoms with E-state index in [4.69, 9.17) is 5.73 Å². The van der Waals surface area contributed by atoms with Crippen LogP contribution in [0.25, 0.3) is 10.9 Å². The van der Waals surface area contributed by atoms with Gasteiger partial charge in [0.1, 0.15) is 5.75 Å². The Hall–Kier alpha value is -3.28. The Balaban J connectivity index is 1.87. The minimum atomic E-state index is -0.829. The van der Waals surface area contributed by atoms with Crippen molar-refractivity contribution in [2.24, 2.45) is 0 Å². The molecular weight excluding hydrogens is 282 g/mol. The van der Waals surface area contributed by atoms with Crippen LogP contribution in [-0.4, -0.2) is 21.8 Å². The number of benzene rings is 2. The van der Waals surface area contributed by atoms with Crippen LogP contribution in [0.1, 0.15) is 10.4 Å². The fraction of sp³-hybridized carbons (Fsp3) is 0. The summed E-state index contributed by atoms with van der Waals surface area (Å²) in [6.07, 6.45) is 1.50. The van der Waals surface area contributed by atoms with Crippen molar-refractivity contribution >= 4 is 34.0 Å². The molecular formula is C16H13N3O3. The van der Waals surface area contributed by atoms with Gasteiger partial charge >= 0.3 is 0 Å². The van der Waals surface area contributed by atoms with Crippen LogP contribution < -0.4 is 11.1 Å². The minimum Gasteiger partial charge on any atom is -0.506 e. The van der Waals surface area contributed by atoms with Crippen molar-refractivity contribution in [3.63, 3.8) is 0 Å². The number of amides is 1. The first-order valence-corrected chi connectivity index (χ1v) is 6.56. The van der Waals surface area contributed by atoms with Crippen molar-refractivity contribution in [1.29, 1.82) is 0 Å². The largest absolute Gasteiger partial charge is 0.506 e. The maximum Gasteiger partial charge on any atom is 0.296 e. The zero-order chi connectivity index (χ0) is 15.7. The number of nitrogen functional groups attached to an aromatic ring is 1. The van der Waals surface area contributed by atoms with Crippen LogP contribution in [0.15, 0.2) is 48.7 Å². The summed E-state index contributed by atoms with van der Waals surface area (Å²) in [5.74, 6) is -1.71. The molecule has 0 spiro atoms. The third kappa shape index (κ3) is 2.37. The van der Waals surface area contributed by atoms with Gasteiger partial charge in [-0.15, -0.1) is 0 Å². The minimum absolute atomic E-state index is 0.132. The number of H-pyrrole nitrogens is 1. The number of ketones is 1. The van der Waals surface area contributed by atoms with Gasteiger partial charge in [0.2, 0.25) is 0 Å². The van der Waals surface area contributed by atoms with Gasteiger partial charge in [-0.2, -0.15) is 0 Å². The molecule has 0 aliphatic rings. The number of aromatic nitrogens is 1. The fourth-order valence-corrected chi connectivity index (χ4v) is 2.22. The molecule has 0 bridgehead atoms. The number of hydrogen-bond acceptors (Lipinski definition) is 4. The average molecular weight is 295 g/mol. The molecule has 1 amide bonds. The number of hydrogen-bond donors (Lipinski definition) is 4. The number of aromatic amines is 1. The zero-order valence-corrected chi connectivity index (χ0v) is 11.5. The van der Waals surface area contributed by atoms with Gasteiger partial charge in [-0.1, -0.05) is 18.2 Å². The Labute approximate surface area is 125 Å². The van der Waals surface area contributed by atoms with Gasteiger partial charge in [0, 0.05) is 28.9 Å². The second-order valence-corrected chi connectivity index (χ2v) is 4.81. The van der Waals surface area contributed by atoms with Gasteiger partial charge in [-0.05, 0) is 18.2 Å². The topological polar surface area (TPSA) is 108 Å². The molecule has 0 fully saturated rings. The van der Waals surface area contributed by atoms with E-state index in [1.807, 2.05) is 12.1 Å². The highest BCUT2D eigenvalue weighted by atomic mass is 16.3. The molecule has 22 heavy (non-hydrogen) atoms. The molecule has 1 aromatic heterocycles. The lowest BCUT2D eigenvalue weighted by atomic mass is 10.1. The number of para-hydroxylation sites is 1. The quantitative estimate of drug-likeness (QED) is 0.257. The average Bonchev–Trinajstić information content (AvgIpc) is 2.93. The number of carbonyl (C=O) groups excluding carboxylic acids is 2. The SMILES string of the molecule is Nc1ccc(NC(=O)C(=O)c2c[nH]c3ccccc23)c(O)c1. The molecule has 0 aliphatic carbocycles. The van der Waals surface area contributed by atoms with Crippen LogP contribution in [0.2, 0.25) is 0 Å². The van der Waals surface area contributed by atoms with E-state index in [1.54, 1.807) is 12.1 Å². The first-order valence-electron chi connectivity index (χ1n) is 6.56. The van der Waals surface area contributed by atoms with Crippen molar-refractivity contribution in [3.8, 4) is 5.75 Å². The summed E-state index contributed by atoms with van der Waals surface area (Å²) >= 11 is 0. The lowest BCUT2D eigenvalue weighted by molar-refractivity contribution is -0.112. The molecule has 0 atom stereocenters. The van der Waals surface area contributed by atoms with Crippen LogP contribution >= 0.6 is 0 Å². The standard InChI is InChI=1S/C16H13N3O3/c17-9-5-6-13(14(20)7-9)19-16(22)15(21)11-8-18-12-4-2-1-3-10(11)12/h1-8,18,20H,17H2,(H,19,22). The van der Waals surface area contributed by atoms with E-state index >= 15 is 0 Å². The lowest BCUT2D eigenvalue weighted by Gasteiger charge is -2.07. The molecule has 0 radical (unpaired) electrons. The van der Waals surface area contributed by atoms with Gasteiger partial charge < -0.3 is 21.1 Å². The highest BCUT2D eigenvalue weighted by Crippen LogP contribution is 2.26. The summed E-state index contributed by atoms with van der Waals surface area (Å²) in [5, 5.41) is 12.8. The lowest BCUT2D eigenvalue weighted by Crippen LogP contribution is -2.22. The molecule has 1 heterocycles. The van der Waals surface area contributed by atoms with Crippen LogP contribution in [0.3, 0.4) is 0 Å². The summed E-state index contributed by atoms with van der Waals surface area (Å²) < 4.78 is 0. The molecule has 0 saturated heterocycles. The number of rotatable bonds is 3. The molecule has 6 heteroatoms. The Bertz CT molecular complexity index is 883. The highest BCUT2D eigenvalue weighted by Gasteiger charge is 2.20. The molecule has 2 aromatic carbocycles. The van der Waals surface area contributed by atoms with Crippen molar-refractivity contribution in [2.45, 2.75) is 0 Å². The van der Waals surface area contributed by atoms with Gasteiger partial charge in [0.05, 0.1) is 11.3 Å². The summed E-state index contributed by atoms with van der Waals surface area (Å²) in [6, 6.07) is 11.4. The fourth-order valence-electron chi connectivity index (χ4n) is 2.22. The zero-order valence-electron chi connectivity index (χ0n) is 11.5. The summed E-state index contributed by atoms with van der Waals surface area (Å²) in [5.41, 5.74) is 7.06. The molecule has 6 nitrogen and oxygen atoms in total. The first-order chi connectivity index (χ1) is 10.6. The predicted molar refractivity (Wildman–Crippen MR) is 83.8 cm³/mol. The van der Waals surface area contributed by atoms with Crippen molar-refractivity contribution in [1.82, 2.24) is 4.98 Å². The van der Waals surface area contributed by atoms with E-state index < -0.39 is 11.7 Å². The van der Waals surface area contributed by atoms with Crippen molar-refractivity contribution < 1.29 is 14.7 Å². The molecule has 3 aromatic rings. The van der Waals surface area contributed by atoms with E-state index in [0.29, 0.717) is 11.1 Å². The van der Waals surface area contributed by atoms with Crippen molar-refractivity contribution in [2.75, 3.05) is 11.1 Å². The second kappa shape index (κ2) is 5.25. The van der Waals surface area contributed by atoms with Crippen LogP contribution in [-0.2, 0) is 4.79 Å². The third-order valence-corrected chi connectivity index (χ3v) is 3.31. The number of phenolic OH excluding ortho intramolecular Hbond substituents is 1. The number of nitrogens with two attached hydrogens (primary N) is 1. The Kier molecular flexibility index (Phi) is 3.27. The number of anilines is 2. The molecule has 110 valence electrons. The maximum absolute atomic E-state index is 12.3. The van der Waals surface area contributed by atoms with Crippen LogP contribution in [0.5, 0.6) is 5.75 Å². The maximum atomic E-state index is 12.3. The van der Waals surface area contributed by atoms with E-state index in [1.165, 1.54) is 24.4 Å². The monoisotopic (exact) mass is 295 g/mol. The molecule has 5 N–H and O–H groups in total. The molecule has 3 rings (SSSR count). The Morgan fingerprint density at radius 3 is 2.68 bits per heavy atom. The number of fused-ring (bicyclic) bond motifs is 1. The predicted octanol–water partition coefficient (Wildman–Crippen LogP) is 2.28. The number of phenols is 1. The third-order valence-electron chi connectivity index (χ3n) is 3.31. The number of nitrogens with one attached hydrogen (secondary N) is 2. The number of carbonyl (C=O) groups is 2. The van der Waals surface area contributed by atoms with E-state index in [2.05, 4.69) is 10.3 Å². The number of aromatic hydroxyl groups is 1. The van der Waals surface area contributed by atoms with E-state index in [9.17, 15) is 14.7 Å².